The highest BCUT2D eigenvalue weighted by Gasteiger charge is 2.41. The molecule has 0 unspecified atom stereocenters. The minimum absolute atomic E-state index is 0.183. The van der Waals surface area contributed by atoms with Gasteiger partial charge in [0.05, 0.1) is 6.54 Å². The van der Waals surface area contributed by atoms with Gasteiger partial charge >= 0.3 is 0 Å². The molecule has 0 radical (unpaired) electrons. The first-order valence-electron chi connectivity index (χ1n) is 8.02. The molecule has 1 N–H and O–H groups in total. The Bertz CT molecular complexity index is 964. The van der Waals surface area contributed by atoms with Crippen LogP contribution in [-0.2, 0) is 12.1 Å². The molecular formula is C18H14ClF4N3O2. The van der Waals surface area contributed by atoms with E-state index < -0.39 is 40.7 Å². The summed E-state index contributed by atoms with van der Waals surface area (Å²) in [5, 5.41) is 14.9. The molecule has 0 aliphatic rings. The number of aromatic nitrogens is 3. The van der Waals surface area contributed by atoms with E-state index in [4.69, 9.17) is 16.3 Å². The van der Waals surface area contributed by atoms with Crippen LogP contribution in [0.25, 0.3) is 0 Å². The Morgan fingerprint density at radius 2 is 1.82 bits per heavy atom. The number of rotatable bonds is 6. The first-order valence-corrected chi connectivity index (χ1v) is 8.40. The molecule has 0 saturated heterocycles. The molecule has 0 amide bonds. The molecule has 1 aromatic heterocycles. The standard InChI is InChI=1S/C18H14ClF4N3O2/c1-10(28-17-15(22)4-11(19)5-16(17)23)18(27,7-26-9-24-8-25-26)13-3-2-12(20)6-14(13)21/h2-6,8-10,27H,7H2,1H3/t10-,18-/m0/s1. The number of nitrogens with zero attached hydrogens (tertiary/aromatic N) is 3. The fourth-order valence-corrected chi connectivity index (χ4v) is 2.94. The van der Waals surface area contributed by atoms with Crippen LogP contribution in [0.15, 0.2) is 43.0 Å². The van der Waals surface area contributed by atoms with E-state index in [9.17, 15) is 22.7 Å². The number of hydrogen-bond donors (Lipinski definition) is 1. The van der Waals surface area contributed by atoms with Crippen LogP contribution in [0.3, 0.4) is 0 Å². The van der Waals surface area contributed by atoms with Crippen molar-refractivity contribution in [3.8, 4) is 5.75 Å². The SMILES string of the molecule is C[C@H](Oc1c(F)cc(Cl)cc1F)[C@@](O)(Cn1cncn1)c1ccc(F)cc1F. The second kappa shape index (κ2) is 7.76. The fraction of sp³-hybridized carbons (Fsp3) is 0.222. The maximum absolute atomic E-state index is 14.4. The lowest BCUT2D eigenvalue weighted by Gasteiger charge is -2.34. The third kappa shape index (κ3) is 3.95. The van der Waals surface area contributed by atoms with Crippen LogP contribution < -0.4 is 4.74 Å². The van der Waals surface area contributed by atoms with E-state index in [0.717, 1.165) is 24.3 Å². The first-order chi connectivity index (χ1) is 13.2. The van der Waals surface area contributed by atoms with Crippen LogP contribution in [-0.4, -0.2) is 26.0 Å². The van der Waals surface area contributed by atoms with Crippen molar-refractivity contribution in [2.75, 3.05) is 0 Å². The van der Waals surface area contributed by atoms with Gasteiger partial charge in [-0.3, -0.25) is 0 Å². The Hall–Kier alpha value is -2.65. The van der Waals surface area contributed by atoms with Gasteiger partial charge in [0.25, 0.3) is 0 Å². The van der Waals surface area contributed by atoms with Crippen LogP contribution in [0.5, 0.6) is 5.75 Å². The summed E-state index contributed by atoms with van der Waals surface area (Å²) in [5.74, 6) is -4.90. The fourth-order valence-electron chi connectivity index (χ4n) is 2.75. The summed E-state index contributed by atoms with van der Waals surface area (Å²) in [4.78, 5) is 3.73. The Labute approximate surface area is 162 Å². The van der Waals surface area contributed by atoms with Gasteiger partial charge in [-0.25, -0.2) is 27.2 Å². The van der Waals surface area contributed by atoms with Crippen LogP contribution in [0.1, 0.15) is 12.5 Å². The van der Waals surface area contributed by atoms with Gasteiger partial charge in [0, 0.05) is 16.7 Å². The van der Waals surface area contributed by atoms with E-state index in [1.165, 1.54) is 24.3 Å². The number of ether oxygens (including phenoxy) is 1. The largest absolute Gasteiger partial charge is 0.481 e. The molecule has 3 aromatic rings. The Morgan fingerprint density at radius 3 is 2.39 bits per heavy atom. The van der Waals surface area contributed by atoms with Crippen molar-refractivity contribution in [2.24, 2.45) is 0 Å². The molecule has 148 valence electrons. The lowest BCUT2D eigenvalue weighted by Crippen LogP contribution is -2.46. The van der Waals surface area contributed by atoms with E-state index in [2.05, 4.69) is 10.1 Å². The summed E-state index contributed by atoms with van der Waals surface area (Å²) in [6.07, 6.45) is 1.05. The van der Waals surface area contributed by atoms with Crippen molar-refractivity contribution in [1.29, 1.82) is 0 Å². The number of aliphatic hydroxyl groups is 1. The summed E-state index contributed by atoms with van der Waals surface area (Å²) < 4.78 is 62.4. The summed E-state index contributed by atoms with van der Waals surface area (Å²) in [7, 11) is 0. The van der Waals surface area contributed by atoms with Gasteiger partial charge in [0.1, 0.15) is 36.0 Å². The Kier molecular flexibility index (Phi) is 5.57. The van der Waals surface area contributed by atoms with Crippen molar-refractivity contribution >= 4 is 11.6 Å². The zero-order chi connectivity index (χ0) is 20.5. The van der Waals surface area contributed by atoms with Crippen molar-refractivity contribution in [3.05, 3.63) is 76.8 Å². The first kappa shape index (κ1) is 20.1. The number of halogens is 5. The molecule has 2 atom stereocenters. The maximum Gasteiger partial charge on any atom is 0.191 e. The molecule has 5 nitrogen and oxygen atoms in total. The predicted octanol–water partition coefficient (Wildman–Crippen LogP) is 3.84. The smallest absolute Gasteiger partial charge is 0.191 e. The van der Waals surface area contributed by atoms with Crippen LogP contribution in [0.4, 0.5) is 17.6 Å². The van der Waals surface area contributed by atoms with Crippen LogP contribution >= 0.6 is 11.6 Å². The van der Waals surface area contributed by atoms with E-state index >= 15 is 0 Å². The summed E-state index contributed by atoms with van der Waals surface area (Å²) in [6, 6.07) is 4.22. The lowest BCUT2D eigenvalue weighted by atomic mass is 9.88. The van der Waals surface area contributed by atoms with Crippen LogP contribution in [0.2, 0.25) is 5.02 Å². The molecule has 0 saturated carbocycles. The van der Waals surface area contributed by atoms with Crippen LogP contribution in [0, 0.1) is 23.3 Å². The summed E-state index contributed by atoms with van der Waals surface area (Å²) >= 11 is 5.59. The lowest BCUT2D eigenvalue weighted by molar-refractivity contribution is -0.0779. The predicted molar refractivity (Wildman–Crippen MR) is 91.7 cm³/mol. The van der Waals surface area contributed by atoms with Gasteiger partial charge in [-0.1, -0.05) is 17.7 Å². The van der Waals surface area contributed by atoms with Gasteiger partial charge in [-0.2, -0.15) is 5.10 Å². The molecule has 28 heavy (non-hydrogen) atoms. The molecule has 1 heterocycles. The summed E-state index contributed by atoms with van der Waals surface area (Å²) in [6.45, 7) is 0.904. The molecule has 3 rings (SSSR count). The monoisotopic (exact) mass is 415 g/mol. The zero-order valence-electron chi connectivity index (χ0n) is 14.4. The van der Waals surface area contributed by atoms with Gasteiger partial charge in [0.15, 0.2) is 17.4 Å². The molecule has 0 aliphatic carbocycles. The van der Waals surface area contributed by atoms with Gasteiger partial charge in [-0.15, -0.1) is 0 Å². The molecular weight excluding hydrogens is 402 g/mol. The number of hydrogen-bond acceptors (Lipinski definition) is 4. The van der Waals surface area contributed by atoms with Crippen molar-refractivity contribution in [3.63, 3.8) is 0 Å². The van der Waals surface area contributed by atoms with E-state index in [1.807, 2.05) is 0 Å². The topological polar surface area (TPSA) is 60.2 Å². The average Bonchev–Trinajstić information content (AvgIpc) is 3.10. The maximum atomic E-state index is 14.4. The molecule has 0 bridgehead atoms. The highest BCUT2D eigenvalue weighted by molar-refractivity contribution is 6.30. The van der Waals surface area contributed by atoms with E-state index in [1.54, 1.807) is 0 Å². The van der Waals surface area contributed by atoms with Crippen molar-refractivity contribution in [2.45, 2.75) is 25.2 Å². The molecule has 10 heteroatoms. The normalized spacial score (nSPS) is 14.5. The highest BCUT2D eigenvalue weighted by Crippen LogP contribution is 2.34. The Morgan fingerprint density at radius 1 is 1.14 bits per heavy atom. The second-order valence-electron chi connectivity index (χ2n) is 6.10. The quantitative estimate of drug-likeness (QED) is 0.621. The van der Waals surface area contributed by atoms with Gasteiger partial charge in [-0.05, 0) is 25.1 Å². The number of benzene rings is 2. The Balaban J connectivity index is 2.03. The molecule has 0 aliphatic heterocycles. The second-order valence-corrected chi connectivity index (χ2v) is 6.54. The molecule has 2 aromatic carbocycles. The molecule has 0 spiro atoms. The van der Waals surface area contributed by atoms with Gasteiger partial charge in [0.2, 0.25) is 0 Å². The zero-order valence-corrected chi connectivity index (χ0v) is 15.2. The van der Waals surface area contributed by atoms with E-state index in [0.29, 0.717) is 6.07 Å². The third-order valence-corrected chi connectivity index (χ3v) is 4.42. The third-order valence-electron chi connectivity index (χ3n) is 4.20. The van der Waals surface area contributed by atoms with Gasteiger partial charge < -0.3 is 9.84 Å². The minimum atomic E-state index is -2.18. The summed E-state index contributed by atoms with van der Waals surface area (Å²) in [5.41, 5.74) is -2.52. The molecule has 0 fully saturated rings. The van der Waals surface area contributed by atoms with E-state index in [-0.39, 0.29) is 17.1 Å². The van der Waals surface area contributed by atoms with Crippen molar-refractivity contribution < 1.29 is 27.4 Å². The average molecular weight is 416 g/mol. The highest BCUT2D eigenvalue weighted by atomic mass is 35.5. The van der Waals surface area contributed by atoms with Crippen molar-refractivity contribution in [1.82, 2.24) is 14.8 Å². The minimum Gasteiger partial charge on any atom is -0.481 e.